The Morgan fingerprint density at radius 3 is 2.32 bits per heavy atom. The predicted molar refractivity (Wildman–Crippen MR) is 81.4 cm³/mol. The van der Waals surface area contributed by atoms with Gasteiger partial charge >= 0.3 is 0 Å². The third-order valence-electron chi connectivity index (χ3n) is 3.63. The lowest BCUT2D eigenvalue weighted by Crippen LogP contribution is -2.18. The number of benzene rings is 1. The number of anilines is 1. The van der Waals surface area contributed by atoms with Crippen LogP contribution in [-0.4, -0.2) is 12.5 Å². The fourth-order valence-corrected chi connectivity index (χ4v) is 2.40. The highest BCUT2D eigenvalue weighted by Gasteiger charge is 2.11. The first-order valence-electron chi connectivity index (χ1n) is 7.05. The van der Waals surface area contributed by atoms with Gasteiger partial charge < -0.3 is 11.1 Å². The molecule has 1 amide bonds. The van der Waals surface area contributed by atoms with Gasteiger partial charge in [0.05, 0.1) is 0 Å². The van der Waals surface area contributed by atoms with Gasteiger partial charge in [-0.25, -0.2) is 0 Å². The SMILES string of the molecule is CCC(CN)CCC(=O)Nc1c(C)cc(C)cc1C. The van der Waals surface area contributed by atoms with Gasteiger partial charge in [-0.05, 0) is 50.8 Å². The number of carbonyl (C=O) groups is 1. The minimum absolute atomic E-state index is 0.0851. The van der Waals surface area contributed by atoms with Crippen molar-refractivity contribution in [3.8, 4) is 0 Å². The first-order chi connectivity index (χ1) is 8.97. The van der Waals surface area contributed by atoms with E-state index in [4.69, 9.17) is 5.73 Å². The van der Waals surface area contributed by atoms with Gasteiger partial charge in [0.25, 0.3) is 0 Å². The number of hydrogen-bond acceptors (Lipinski definition) is 2. The van der Waals surface area contributed by atoms with Crippen molar-refractivity contribution >= 4 is 11.6 Å². The molecular formula is C16H26N2O. The molecule has 0 aliphatic heterocycles. The molecule has 0 heterocycles. The van der Waals surface area contributed by atoms with E-state index in [1.807, 2.05) is 13.8 Å². The molecule has 0 fully saturated rings. The van der Waals surface area contributed by atoms with Crippen LogP contribution in [0.25, 0.3) is 0 Å². The second-order valence-corrected chi connectivity index (χ2v) is 5.37. The zero-order valence-electron chi connectivity index (χ0n) is 12.5. The average molecular weight is 262 g/mol. The molecule has 0 aliphatic carbocycles. The summed E-state index contributed by atoms with van der Waals surface area (Å²) in [4.78, 5) is 12.0. The molecule has 19 heavy (non-hydrogen) atoms. The smallest absolute Gasteiger partial charge is 0.224 e. The van der Waals surface area contributed by atoms with Crippen molar-refractivity contribution in [3.05, 3.63) is 28.8 Å². The Kier molecular flexibility index (Phi) is 6.03. The molecule has 3 nitrogen and oxygen atoms in total. The molecular weight excluding hydrogens is 236 g/mol. The summed E-state index contributed by atoms with van der Waals surface area (Å²) in [5, 5.41) is 3.03. The fourth-order valence-electron chi connectivity index (χ4n) is 2.40. The Morgan fingerprint density at radius 1 is 1.26 bits per heavy atom. The third kappa shape index (κ3) is 4.67. The molecule has 0 radical (unpaired) electrons. The summed E-state index contributed by atoms with van der Waals surface area (Å²) in [5.41, 5.74) is 10.1. The van der Waals surface area contributed by atoms with Crippen LogP contribution in [0, 0.1) is 26.7 Å². The summed E-state index contributed by atoms with van der Waals surface area (Å²) in [6, 6.07) is 4.19. The molecule has 0 aliphatic rings. The van der Waals surface area contributed by atoms with E-state index in [0.29, 0.717) is 18.9 Å². The normalized spacial score (nSPS) is 12.3. The maximum Gasteiger partial charge on any atom is 0.224 e. The maximum absolute atomic E-state index is 12.0. The molecule has 0 saturated carbocycles. The summed E-state index contributed by atoms with van der Waals surface area (Å²) in [7, 11) is 0. The minimum Gasteiger partial charge on any atom is -0.330 e. The number of carbonyl (C=O) groups excluding carboxylic acids is 1. The van der Waals surface area contributed by atoms with Crippen LogP contribution in [-0.2, 0) is 4.79 Å². The van der Waals surface area contributed by atoms with Crippen LogP contribution in [0.1, 0.15) is 42.9 Å². The molecule has 3 N–H and O–H groups in total. The van der Waals surface area contributed by atoms with E-state index in [2.05, 4.69) is 31.3 Å². The summed E-state index contributed by atoms with van der Waals surface area (Å²) in [6.07, 6.45) is 2.44. The Morgan fingerprint density at radius 2 is 1.84 bits per heavy atom. The van der Waals surface area contributed by atoms with Crippen molar-refractivity contribution in [1.29, 1.82) is 0 Å². The van der Waals surface area contributed by atoms with Gasteiger partial charge in [-0.2, -0.15) is 0 Å². The number of nitrogens with two attached hydrogens (primary N) is 1. The van der Waals surface area contributed by atoms with Gasteiger partial charge in [0, 0.05) is 12.1 Å². The second-order valence-electron chi connectivity index (χ2n) is 5.37. The van der Waals surface area contributed by atoms with Crippen molar-refractivity contribution in [2.24, 2.45) is 11.7 Å². The Bertz CT molecular complexity index is 413. The van der Waals surface area contributed by atoms with Gasteiger partial charge in [-0.1, -0.05) is 31.0 Å². The number of amides is 1. The lowest BCUT2D eigenvalue weighted by Gasteiger charge is -2.15. The molecule has 0 aromatic heterocycles. The van der Waals surface area contributed by atoms with Crippen molar-refractivity contribution in [3.63, 3.8) is 0 Å². The van der Waals surface area contributed by atoms with Gasteiger partial charge in [0.15, 0.2) is 0 Å². The van der Waals surface area contributed by atoms with Crippen LogP contribution in [0.15, 0.2) is 12.1 Å². The van der Waals surface area contributed by atoms with E-state index in [-0.39, 0.29) is 5.91 Å². The lowest BCUT2D eigenvalue weighted by molar-refractivity contribution is -0.116. The zero-order chi connectivity index (χ0) is 14.4. The molecule has 1 aromatic carbocycles. The Hall–Kier alpha value is -1.35. The molecule has 1 aromatic rings. The van der Waals surface area contributed by atoms with E-state index in [1.54, 1.807) is 0 Å². The first-order valence-corrected chi connectivity index (χ1v) is 7.05. The largest absolute Gasteiger partial charge is 0.330 e. The highest BCUT2D eigenvalue weighted by Crippen LogP contribution is 2.22. The number of hydrogen-bond donors (Lipinski definition) is 2. The summed E-state index contributed by atoms with van der Waals surface area (Å²) >= 11 is 0. The molecule has 3 heteroatoms. The topological polar surface area (TPSA) is 55.1 Å². The number of nitrogens with one attached hydrogen (secondary N) is 1. The van der Waals surface area contributed by atoms with E-state index < -0.39 is 0 Å². The van der Waals surface area contributed by atoms with Crippen molar-refractivity contribution in [2.75, 3.05) is 11.9 Å². The average Bonchev–Trinajstić information content (AvgIpc) is 2.35. The first kappa shape index (κ1) is 15.7. The molecule has 1 rings (SSSR count). The third-order valence-corrected chi connectivity index (χ3v) is 3.63. The summed E-state index contributed by atoms with van der Waals surface area (Å²) in [5.74, 6) is 0.535. The Balaban J connectivity index is 2.62. The minimum atomic E-state index is 0.0851. The maximum atomic E-state index is 12.0. The van der Waals surface area contributed by atoms with Gasteiger partial charge in [0.1, 0.15) is 0 Å². The molecule has 1 atom stereocenters. The van der Waals surface area contributed by atoms with Crippen molar-refractivity contribution in [2.45, 2.75) is 47.0 Å². The van der Waals surface area contributed by atoms with E-state index >= 15 is 0 Å². The van der Waals surface area contributed by atoms with E-state index in [1.165, 1.54) is 5.56 Å². The number of aryl methyl sites for hydroxylation is 3. The number of rotatable bonds is 6. The quantitative estimate of drug-likeness (QED) is 0.826. The monoisotopic (exact) mass is 262 g/mol. The van der Waals surface area contributed by atoms with Gasteiger partial charge in [-0.3, -0.25) is 4.79 Å². The standard InChI is InChI=1S/C16H26N2O/c1-5-14(10-17)6-7-15(19)18-16-12(3)8-11(2)9-13(16)4/h8-9,14H,5-7,10,17H2,1-4H3,(H,18,19). The van der Waals surface area contributed by atoms with Gasteiger partial charge in [-0.15, -0.1) is 0 Å². The Labute approximate surface area is 116 Å². The van der Waals surface area contributed by atoms with Crippen molar-refractivity contribution < 1.29 is 4.79 Å². The summed E-state index contributed by atoms with van der Waals surface area (Å²) < 4.78 is 0. The lowest BCUT2D eigenvalue weighted by atomic mass is 10.00. The zero-order valence-corrected chi connectivity index (χ0v) is 12.5. The van der Waals surface area contributed by atoms with Crippen LogP contribution in [0.4, 0.5) is 5.69 Å². The molecule has 1 unspecified atom stereocenters. The second kappa shape index (κ2) is 7.29. The highest BCUT2D eigenvalue weighted by atomic mass is 16.1. The van der Waals surface area contributed by atoms with Crippen LogP contribution in [0.3, 0.4) is 0 Å². The molecule has 0 spiro atoms. The van der Waals surface area contributed by atoms with Crippen molar-refractivity contribution in [1.82, 2.24) is 0 Å². The van der Waals surface area contributed by atoms with Crippen LogP contribution in [0.2, 0.25) is 0 Å². The van der Waals surface area contributed by atoms with Crippen LogP contribution < -0.4 is 11.1 Å². The summed E-state index contributed by atoms with van der Waals surface area (Å²) in [6.45, 7) is 8.91. The molecule has 0 saturated heterocycles. The van der Waals surface area contributed by atoms with E-state index in [0.717, 1.165) is 29.7 Å². The van der Waals surface area contributed by atoms with E-state index in [9.17, 15) is 4.79 Å². The molecule has 0 bridgehead atoms. The van der Waals surface area contributed by atoms with Crippen LogP contribution >= 0.6 is 0 Å². The van der Waals surface area contributed by atoms with Crippen LogP contribution in [0.5, 0.6) is 0 Å². The highest BCUT2D eigenvalue weighted by molar-refractivity contribution is 5.92. The fraction of sp³-hybridized carbons (Fsp3) is 0.562. The van der Waals surface area contributed by atoms with Gasteiger partial charge in [0.2, 0.25) is 5.91 Å². The molecule has 106 valence electrons. The predicted octanol–water partition coefficient (Wildman–Crippen LogP) is 3.32.